The van der Waals surface area contributed by atoms with Gasteiger partial charge in [0.05, 0.1) is 39.1 Å². The highest BCUT2D eigenvalue weighted by Gasteiger charge is 2.51. The third kappa shape index (κ3) is 3.69. The van der Waals surface area contributed by atoms with E-state index in [1.807, 2.05) is 19.2 Å². The van der Waals surface area contributed by atoms with Crippen LogP contribution in [0.25, 0.3) is 0 Å². The molecule has 6 heteroatoms. The van der Waals surface area contributed by atoms with Gasteiger partial charge in [-0.3, -0.25) is 4.90 Å². The lowest BCUT2D eigenvalue weighted by atomic mass is 9.79. The average molecular weight is 365 g/mol. The van der Waals surface area contributed by atoms with Gasteiger partial charge in [-0.15, -0.1) is 0 Å². The van der Waals surface area contributed by atoms with Gasteiger partial charge in [-0.25, -0.2) is 0 Å². The molecule has 146 valence electrons. The smallest absolute Gasteiger partial charge is 0.165 e. The van der Waals surface area contributed by atoms with Gasteiger partial charge in [-0.05, 0) is 31.7 Å². The third-order valence-corrected chi connectivity index (χ3v) is 5.96. The van der Waals surface area contributed by atoms with Crippen molar-refractivity contribution in [3.05, 3.63) is 23.8 Å². The number of methoxy groups -OCH3 is 3. The van der Waals surface area contributed by atoms with Crippen LogP contribution in [0.5, 0.6) is 11.5 Å². The van der Waals surface area contributed by atoms with Crippen LogP contribution in [0.3, 0.4) is 0 Å². The zero-order valence-corrected chi connectivity index (χ0v) is 16.1. The van der Waals surface area contributed by atoms with Crippen molar-refractivity contribution in [3.8, 4) is 11.5 Å². The van der Waals surface area contributed by atoms with Gasteiger partial charge < -0.3 is 24.1 Å². The van der Waals surface area contributed by atoms with E-state index in [-0.39, 0.29) is 18.3 Å². The summed E-state index contributed by atoms with van der Waals surface area (Å²) in [5.74, 6) is 1.56. The fourth-order valence-corrected chi connectivity index (χ4v) is 4.61. The van der Waals surface area contributed by atoms with Gasteiger partial charge in [0.1, 0.15) is 0 Å². The molecule has 1 aliphatic heterocycles. The second kappa shape index (κ2) is 8.57. The Balaban J connectivity index is 1.78. The van der Waals surface area contributed by atoms with Crippen LogP contribution in [0.15, 0.2) is 18.2 Å². The van der Waals surface area contributed by atoms with Gasteiger partial charge in [0.25, 0.3) is 0 Å². The number of fused-ring (bicyclic) bond motifs is 1. The summed E-state index contributed by atoms with van der Waals surface area (Å²) in [4.78, 5) is 2.48. The molecule has 6 nitrogen and oxygen atoms in total. The Kier molecular flexibility index (Phi) is 6.40. The van der Waals surface area contributed by atoms with Gasteiger partial charge in [-0.2, -0.15) is 0 Å². The van der Waals surface area contributed by atoms with Crippen molar-refractivity contribution in [1.82, 2.24) is 4.90 Å². The van der Waals surface area contributed by atoms with Gasteiger partial charge in [0, 0.05) is 31.8 Å². The SMILES string of the molecule is COc1cccc(CN2CC[C@]3(OC)CC[C@H](OCCO)C[C@H]23)c1OC. The molecule has 1 saturated carbocycles. The van der Waals surface area contributed by atoms with Gasteiger partial charge in [0.15, 0.2) is 11.5 Å². The zero-order valence-electron chi connectivity index (χ0n) is 16.1. The summed E-state index contributed by atoms with van der Waals surface area (Å²) >= 11 is 0. The molecular formula is C20H31NO5. The first kappa shape index (κ1) is 19.4. The number of hydrogen-bond donors (Lipinski definition) is 1. The number of para-hydroxylation sites is 1. The largest absolute Gasteiger partial charge is 0.493 e. The number of benzene rings is 1. The minimum absolute atomic E-state index is 0.0707. The molecule has 2 fully saturated rings. The summed E-state index contributed by atoms with van der Waals surface area (Å²) < 4.78 is 22.9. The van der Waals surface area contributed by atoms with Crippen LogP contribution in [0, 0.1) is 0 Å². The van der Waals surface area contributed by atoms with Crippen molar-refractivity contribution in [2.24, 2.45) is 0 Å². The summed E-state index contributed by atoms with van der Waals surface area (Å²) in [6.07, 6.45) is 4.13. The first-order valence-electron chi connectivity index (χ1n) is 9.39. The van der Waals surface area contributed by atoms with Crippen molar-refractivity contribution in [2.75, 3.05) is 41.1 Å². The van der Waals surface area contributed by atoms with Crippen molar-refractivity contribution in [3.63, 3.8) is 0 Å². The average Bonchev–Trinajstić information content (AvgIpc) is 3.04. The van der Waals surface area contributed by atoms with E-state index in [9.17, 15) is 0 Å². The number of aliphatic hydroxyl groups excluding tert-OH is 1. The lowest BCUT2D eigenvalue weighted by Crippen LogP contribution is -2.51. The van der Waals surface area contributed by atoms with E-state index in [0.717, 1.165) is 55.8 Å². The Hall–Kier alpha value is -1.34. The topological polar surface area (TPSA) is 60.4 Å². The molecule has 3 atom stereocenters. The first-order valence-corrected chi connectivity index (χ1v) is 9.39. The van der Waals surface area contributed by atoms with E-state index in [1.54, 1.807) is 14.2 Å². The number of likely N-dealkylation sites (tertiary alicyclic amines) is 1. The minimum atomic E-state index is -0.0921. The molecule has 3 rings (SSSR count). The number of hydrogen-bond acceptors (Lipinski definition) is 6. The lowest BCUT2D eigenvalue weighted by Gasteiger charge is -2.43. The highest BCUT2D eigenvalue weighted by atomic mass is 16.5. The summed E-state index contributed by atoms with van der Waals surface area (Å²) in [5.41, 5.74) is 1.03. The Morgan fingerprint density at radius 2 is 2.04 bits per heavy atom. The molecule has 0 spiro atoms. The number of nitrogens with zero attached hydrogens (tertiary/aromatic N) is 1. The van der Waals surface area contributed by atoms with Crippen molar-refractivity contribution < 1.29 is 24.1 Å². The summed E-state index contributed by atoms with van der Waals surface area (Å²) in [6.45, 7) is 2.26. The monoisotopic (exact) mass is 365 g/mol. The molecule has 0 radical (unpaired) electrons. The Morgan fingerprint density at radius 1 is 1.19 bits per heavy atom. The molecular weight excluding hydrogens is 334 g/mol. The van der Waals surface area contributed by atoms with Gasteiger partial charge >= 0.3 is 0 Å². The van der Waals surface area contributed by atoms with Crippen LogP contribution in [0.4, 0.5) is 0 Å². The molecule has 0 bridgehead atoms. The van der Waals surface area contributed by atoms with E-state index in [0.29, 0.717) is 12.6 Å². The maximum atomic E-state index is 9.05. The fraction of sp³-hybridized carbons (Fsp3) is 0.700. The third-order valence-electron chi connectivity index (χ3n) is 5.96. The fourth-order valence-electron chi connectivity index (χ4n) is 4.61. The molecule has 26 heavy (non-hydrogen) atoms. The maximum absolute atomic E-state index is 9.05. The second-order valence-electron chi connectivity index (χ2n) is 7.15. The van der Waals surface area contributed by atoms with Gasteiger partial charge in [-0.1, -0.05) is 12.1 Å². The van der Waals surface area contributed by atoms with Crippen LogP contribution in [-0.2, 0) is 16.0 Å². The predicted molar refractivity (Wildman–Crippen MR) is 98.8 cm³/mol. The van der Waals surface area contributed by atoms with Crippen molar-refractivity contribution in [1.29, 1.82) is 0 Å². The van der Waals surface area contributed by atoms with E-state index in [4.69, 9.17) is 24.1 Å². The number of ether oxygens (including phenoxy) is 4. The molecule has 1 heterocycles. The van der Waals surface area contributed by atoms with Crippen LogP contribution < -0.4 is 9.47 Å². The van der Waals surface area contributed by atoms with Crippen molar-refractivity contribution in [2.45, 2.75) is 50.0 Å². The van der Waals surface area contributed by atoms with Crippen molar-refractivity contribution >= 4 is 0 Å². The van der Waals surface area contributed by atoms with Crippen LogP contribution in [0.2, 0.25) is 0 Å². The van der Waals surface area contributed by atoms with Crippen LogP contribution in [0.1, 0.15) is 31.2 Å². The van der Waals surface area contributed by atoms with Gasteiger partial charge in [0.2, 0.25) is 0 Å². The predicted octanol–water partition coefficient (Wildman–Crippen LogP) is 2.22. The molecule has 0 amide bonds. The normalized spacial score (nSPS) is 28.8. The Labute approximate surface area is 156 Å². The lowest BCUT2D eigenvalue weighted by molar-refractivity contribution is -0.104. The molecule has 1 aliphatic carbocycles. The highest BCUT2D eigenvalue weighted by molar-refractivity contribution is 5.46. The second-order valence-corrected chi connectivity index (χ2v) is 7.15. The summed E-state index contributed by atoms with van der Waals surface area (Å²) in [5, 5.41) is 9.05. The maximum Gasteiger partial charge on any atom is 0.165 e. The summed E-state index contributed by atoms with van der Waals surface area (Å²) in [6, 6.07) is 6.33. The molecule has 1 aromatic carbocycles. The van der Waals surface area contributed by atoms with E-state index < -0.39 is 0 Å². The van der Waals surface area contributed by atoms with Crippen LogP contribution >= 0.6 is 0 Å². The van der Waals surface area contributed by atoms with E-state index >= 15 is 0 Å². The Morgan fingerprint density at radius 3 is 2.73 bits per heavy atom. The molecule has 1 saturated heterocycles. The zero-order chi connectivity index (χ0) is 18.6. The Bertz CT molecular complexity index is 596. The van der Waals surface area contributed by atoms with Crippen LogP contribution in [-0.4, -0.2) is 68.8 Å². The van der Waals surface area contributed by atoms with E-state index in [2.05, 4.69) is 11.0 Å². The first-order chi connectivity index (χ1) is 12.7. The van der Waals surface area contributed by atoms with E-state index in [1.165, 1.54) is 0 Å². The molecule has 0 unspecified atom stereocenters. The highest BCUT2D eigenvalue weighted by Crippen LogP contribution is 2.44. The molecule has 0 aromatic heterocycles. The standard InChI is InChI=1S/C20H31NO5/c1-23-17-6-4-5-15(19(17)24-2)14-21-10-9-20(25-3)8-7-16(13-18(20)21)26-12-11-22/h4-6,16,18,22H,7-14H2,1-3H3/t16-,18-,20+/m0/s1. The molecule has 1 N–H and O–H groups in total. The summed E-state index contributed by atoms with van der Waals surface area (Å²) in [7, 11) is 5.18. The molecule has 1 aromatic rings. The number of rotatable bonds is 8. The quantitative estimate of drug-likeness (QED) is 0.762. The number of aliphatic hydroxyl groups is 1. The minimum Gasteiger partial charge on any atom is -0.493 e. The molecule has 2 aliphatic rings.